The van der Waals surface area contributed by atoms with Crippen molar-refractivity contribution in [3.63, 3.8) is 0 Å². The maximum absolute atomic E-state index is 12.0. The van der Waals surface area contributed by atoms with E-state index in [0.29, 0.717) is 25.6 Å². The standard InChI is InChI=1S/C15H20O4/c1-3-5-12(15(16)17-4-2)11-6-7-13-14(10-11)19-9-8-18-13/h6-7,10,12H,3-5,8-9H2,1-2H3. The van der Waals surface area contributed by atoms with Crippen LogP contribution in [-0.4, -0.2) is 25.8 Å². The molecule has 1 aromatic carbocycles. The maximum Gasteiger partial charge on any atom is 0.313 e. The van der Waals surface area contributed by atoms with E-state index in [9.17, 15) is 4.79 Å². The first-order valence-electron chi connectivity index (χ1n) is 6.82. The number of fused-ring (bicyclic) bond motifs is 1. The second-order valence-corrected chi connectivity index (χ2v) is 4.50. The van der Waals surface area contributed by atoms with Crippen molar-refractivity contribution in [2.45, 2.75) is 32.6 Å². The minimum atomic E-state index is -0.222. The molecule has 0 saturated heterocycles. The van der Waals surface area contributed by atoms with E-state index in [1.54, 1.807) is 0 Å². The number of rotatable bonds is 5. The molecule has 0 aromatic heterocycles. The Hall–Kier alpha value is -1.71. The van der Waals surface area contributed by atoms with Crippen molar-refractivity contribution in [2.24, 2.45) is 0 Å². The predicted octanol–water partition coefficient (Wildman–Crippen LogP) is 2.90. The summed E-state index contributed by atoms with van der Waals surface area (Å²) in [6.45, 7) is 5.41. The number of hydrogen-bond donors (Lipinski definition) is 0. The summed E-state index contributed by atoms with van der Waals surface area (Å²) in [4.78, 5) is 12.0. The average Bonchev–Trinajstić information content (AvgIpc) is 2.44. The summed E-state index contributed by atoms with van der Waals surface area (Å²) in [6, 6.07) is 5.68. The molecule has 1 aliphatic rings. The molecule has 104 valence electrons. The van der Waals surface area contributed by atoms with Gasteiger partial charge in [-0.2, -0.15) is 0 Å². The van der Waals surface area contributed by atoms with Gasteiger partial charge in [-0.05, 0) is 31.0 Å². The highest BCUT2D eigenvalue weighted by Crippen LogP contribution is 2.34. The van der Waals surface area contributed by atoms with Gasteiger partial charge in [-0.3, -0.25) is 4.79 Å². The van der Waals surface area contributed by atoms with E-state index in [-0.39, 0.29) is 11.9 Å². The van der Waals surface area contributed by atoms with Gasteiger partial charge in [0, 0.05) is 0 Å². The Labute approximate surface area is 113 Å². The molecule has 4 nitrogen and oxygen atoms in total. The van der Waals surface area contributed by atoms with E-state index in [2.05, 4.69) is 6.92 Å². The first-order chi connectivity index (χ1) is 9.26. The summed E-state index contributed by atoms with van der Waals surface area (Å²) in [7, 11) is 0. The summed E-state index contributed by atoms with van der Waals surface area (Å²) in [6.07, 6.45) is 1.70. The molecule has 1 heterocycles. The lowest BCUT2D eigenvalue weighted by Crippen LogP contribution is -2.18. The quantitative estimate of drug-likeness (QED) is 0.767. The zero-order chi connectivity index (χ0) is 13.7. The van der Waals surface area contributed by atoms with Crippen LogP contribution in [0.15, 0.2) is 18.2 Å². The van der Waals surface area contributed by atoms with Crippen LogP contribution in [-0.2, 0) is 9.53 Å². The molecule has 0 radical (unpaired) electrons. The van der Waals surface area contributed by atoms with Crippen LogP contribution in [0.3, 0.4) is 0 Å². The van der Waals surface area contributed by atoms with Crippen molar-refractivity contribution in [1.82, 2.24) is 0 Å². The highest BCUT2D eigenvalue weighted by atomic mass is 16.6. The van der Waals surface area contributed by atoms with Crippen molar-refractivity contribution in [2.75, 3.05) is 19.8 Å². The number of hydrogen-bond acceptors (Lipinski definition) is 4. The van der Waals surface area contributed by atoms with Crippen LogP contribution >= 0.6 is 0 Å². The lowest BCUT2D eigenvalue weighted by atomic mass is 9.94. The minimum absolute atomic E-state index is 0.166. The molecule has 2 rings (SSSR count). The molecule has 0 spiro atoms. The number of benzene rings is 1. The van der Waals surface area contributed by atoms with Crippen LogP contribution in [0.4, 0.5) is 0 Å². The summed E-state index contributed by atoms with van der Waals surface area (Å²) >= 11 is 0. The van der Waals surface area contributed by atoms with Crippen LogP contribution in [0.5, 0.6) is 11.5 Å². The van der Waals surface area contributed by atoms with Gasteiger partial charge in [-0.15, -0.1) is 0 Å². The fraction of sp³-hybridized carbons (Fsp3) is 0.533. The van der Waals surface area contributed by atoms with Crippen molar-refractivity contribution < 1.29 is 19.0 Å². The molecule has 1 atom stereocenters. The topological polar surface area (TPSA) is 44.8 Å². The molecule has 0 N–H and O–H groups in total. The molecule has 1 aliphatic heterocycles. The number of carbonyl (C=O) groups is 1. The van der Waals surface area contributed by atoms with Crippen molar-refractivity contribution in [3.8, 4) is 11.5 Å². The fourth-order valence-corrected chi connectivity index (χ4v) is 2.23. The predicted molar refractivity (Wildman–Crippen MR) is 71.7 cm³/mol. The molecule has 0 saturated carbocycles. The maximum atomic E-state index is 12.0. The number of carbonyl (C=O) groups excluding carboxylic acids is 1. The van der Waals surface area contributed by atoms with E-state index in [1.165, 1.54) is 0 Å². The van der Waals surface area contributed by atoms with E-state index >= 15 is 0 Å². The second kappa shape index (κ2) is 6.45. The van der Waals surface area contributed by atoms with Crippen LogP contribution in [0.1, 0.15) is 38.2 Å². The van der Waals surface area contributed by atoms with Gasteiger partial charge in [-0.25, -0.2) is 0 Å². The van der Waals surface area contributed by atoms with Crippen molar-refractivity contribution in [3.05, 3.63) is 23.8 Å². The largest absolute Gasteiger partial charge is 0.486 e. The Bertz CT molecular complexity index is 442. The van der Waals surface area contributed by atoms with Gasteiger partial charge >= 0.3 is 5.97 Å². The molecule has 0 amide bonds. The average molecular weight is 264 g/mol. The number of ether oxygens (including phenoxy) is 3. The van der Waals surface area contributed by atoms with Crippen LogP contribution in [0.25, 0.3) is 0 Å². The summed E-state index contributed by atoms with van der Waals surface area (Å²) < 4.78 is 16.2. The van der Waals surface area contributed by atoms with Gasteiger partial charge < -0.3 is 14.2 Å². The first kappa shape index (κ1) is 13.7. The molecule has 19 heavy (non-hydrogen) atoms. The third-order valence-corrected chi connectivity index (χ3v) is 3.12. The van der Waals surface area contributed by atoms with Crippen LogP contribution in [0, 0.1) is 0 Å². The summed E-state index contributed by atoms with van der Waals surface area (Å²) in [5.41, 5.74) is 0.935. The van der Waals surface area contributed by atoms with E-state index in [4.69, 9.17) is 14.2 Å². The Balaban J connectivity index is 2.23. The summed E-state index contributed by atoms with van der Waals surface area (Å²) in [5, 5.41) is 0. The zero-order valence-corrected chi connectivity index (χ0v) is 11.5. The van der Waals surface area contributed by atoms with Crippen LogP contribution in [0.2, 0.25) is 0 Å². The smallest absolute Gasteiger partial charge is 0.313 e. The molecule has 1 aromatic rings. The third-order valence-electron chi connectivity index (χ3n) is 3.12. The minimum Gasteiger partial charge on any atom is -0.486 e. The van der Waals surface area contributed by atoms with Crippen LogP contribution < -0.4 is 9.47 Å². The highest BCUT2D eigenvalue weighted by molar-refractivity contribution is 5.78. The normalized spacial score (nSPS) is 14.8. The molecule has 1 unspecified atom stereocenters. The Kier molecular flexibility index (Phi) is 4.66. The van der Waals surface area contributed by atoms with Gasteiger partial charge in [0.25, 0.3) is 0 Å². The molecular weight excluding hydrogens is 244 g/mol. The SMILES string of the molecule is CCCC(C(=O)OCC)c1ccc2c(c1)OCCO2. The molecule has 0 bridgehead atoms. The Morgan fingerprint density at radius 2 is 2.00 bits per heavy atom. The lowest BCUT2D eigenvalue weighted by molar-refractivity contribution is -0.145. The molecule has 4 heteroatoms. The van der Waals surface area contributed by atoms with Gasteiger partial charge in [0.05, 0.1) is 12.5 Å². The zero-order valence-electron chi connectivity index (χ0n) is 11.5. The van der Waals surface area contributed by atoms with E-state index in [1.807, 2.05) is 25.1 Å². The highest BCUT2D eigenvalue weighted by Gasteiger charge is 2.23. The van der Waals surface area contributed by atoms with E-state index in [0.717, 1.165) is 24.2 Å². The molecule has 0 aliphatic carbocycles. The van der Waals surface area contributed by atoms with Crippen molar-refractivity contribution in [1.29, 1.82) is 0 Å². The second-order valence-electron chi connectivity index (χ2n) is 4.50. The van der Waals surface area contributed by atoms with Gasteiger partial charge in [-0.1, -0.05) is 19.4 Å². The van der Waals surface area contributed by atoms with Gasteiger partial charge in [0.15, 0.2) is 11.5 Å². The molecular formula is C15H20O4. The monoisotopic (exact) mass is 264 g/mol. The molecule has 0 fully saturated rings. The number of esters is 1. The fourth-order valence-electron chi connectivity index (χ4n) is 2.23. The van der Waals surface area contributed by atoms with E-state index < -0.39 is 0 Å². The first-order valence-corrected chi connectivity index (χ1v) is 6.82. The lowest BCUT2D eigenvalue weighted by Gasteiger charge is -2.21. The Morgan fingerprint density at radius 3 is 2.68 bits per heavy atom. The Morgan fingerprint density at radius 1 is 1.26 bits per heavy atom. The summed E-state index contributed by atoms with van der Waals surface area (Å²) in [5.74, 6) is 1.07. The van der Waals surface area contributed by atoms with Gasteiger partial charge in [0.1, 0.15) is 13.2 Å². The van der Waals surface area contributed by atoms with Crippen molar-refractivity contribution >= 4 is 5.97 Å². The third kappa shape index (κ3) is 3.19. The van der Waals surface area contributed by atoms with Gasteiger partial charge in [0.2, 0.25) is 0 Å².